The van der Waals surface area contributed by atoms with Crippen molar-refractivity contribution in [3.05, 3.63) is 34.3 Å². The summed E-state index contributed by atoms with van der Waals surface area (Å²) in [5.41, 5.74) is 0.217. The van der Waals surface area contributed by atoms with E-state index in [1.165, 1.54) is 0 Å². The average Bonchev–Trinajstić information content (AvgIpc) is 2.21. The first-order valence-electron chi connectivity index (χ1n) is 5.03. The van der Waals surface area contributed by atoms with E-state index in [9.17, 15) is 4.79 Å². The maximum absolute atomic E-state index is 11.1. The number of aliphatic carboxylic acids is 1. The summed E-state index contributed by atoms with van der Waals surface area (Å²) in [7, 11) is 1.81. The van der Waals surface area contributed by atoms with Gasteiger partial charge >= 0.3 is 5.97 Å². The molecule has 1 aromatic rings. The standard InChI is InChI=1S/C12H16BrNO2/c1-12(2,11(15)16)14(3)8-9-6-4-5-7-10(9)13/h4-7H,8H2,1-3H3,(H,15,16). The van der Waals surface area contributed by atoms with Gasteiger partial charge in [-0.05, 0) is 32.5 Å². The first-order valence-corrected chi connectivity index (χ1v) is 5.83. The molecule has 0 heterocycles. The zero-order valence-electron chi connectivity index (χ0n) is 9.70. The molecule has 0 aliphatic carbocycles. The predicted molar refractivity (Wildman–Crippen MR) is 67.3 cm³/mol. The van der Waals surface area contributed by atoms with E-state index in [0.29, 0.717) is 6.54 Å². The molecule has 0 aromatic heterocycles. The molecule has 0 unspecified atom stereocenters. The Balaban J connectivity index is 2.83. The van der Waals surface area contributed by atoms with Gasteiger partial charge in [-0.15, -0.1) is 0 Å². The molecule has 1 aromatic carbocycles. The number of rotatable bonds is 4. The lowest BCUT2D eigenvalue weighted by molar-refractivity contribution is -0.148. The Morgan fingerprint density at radius 3 is 2.50 bits per heavy atom. The zero-order valence-corrected chi connectivity index (χ0v) is 11.3. The fraction of sp³-hybridized carbons (Fsp3) is 0.417. The van der Waals surface area contributed by atoms with Crippen molar-refractivity contribution in [3.8, 4) is 0 Å². The first-order chi connectivity index (χ1) is 7.35. The topological polar surface area (TPSA) is 40.5 Å². The second-order valence-corrected chi connectivity index (χ2v) is 5.17. The Bertz CT molecular complexity index is 390. The van der Waals surface area contributed by atoms with E-state index >= 15 is 0 Å². The highest BCUT2D eigenvalue weighted by Gasteiger charge is 2.31. The van der Waals surface area contributed by atoms with E-state index in [4.69, 9.17) is 5.11 Å². The van der Waals surface area contributed by atoms with Gasteiger partial charge in [0.25, 0.3) is 0 Å². The third kappa shape index (κ3) is 2.83. The van der Waals surface area contributed by atoms with Crippen molar-refractivity contribution in [2.75, 3.05) is 7.05 Å². The van der Waals surface area contributed by atoms with E-state index in [0.717, 1.165) is 10.0 Å². The molecule has 0 saturated carbocycles. The summed E-state index contributed by atoms with van der Waals surface area (Å²) < 4.78 is 1.00. The molecular formula is C12H16BrNO2. The summed E-state index contributed by atoms with van der Waals surface area (Å²) in [5, 5.41) is 9.11. The minimum absolute atomic E-state index is 0.598. The van der Waals surface area contributed by atoms with Crippen molar-refractivity contribution in [1.82, 2.24) is 4.90 Å². The molecule has 0 fully saturated rings. The zero-order chi connectivity index (χ0) is 12.3. The second kappa shape index (κ2) is 4.97. The Morgan fingerprint density at radius 2 is 2.00 bits per heavy atom. The maximum atomic E-state index is 11.1. The Hall–Kier alpha value is -0.870. The summed E-state index contributed by atoms with van der Waals surface area (Å²) >= 11 is 3.45. The molecule has 0 radical (unpaired) electrons. The van der Waals surface area contributed by atoms with Gasteiger partial charge in [0.2, 0.25) is 0 Å². The number of carboxylic acids is 1. The largest absolute Gasteiger partial charge is 0.480 e. The van der Waals surface area contributed by atoms with Crippen LogP contribution in [0.1, 0.15) is 19.4 Å². The average molecular weight is 286 g/mol. The van der Waals surface area contributed by atoms with Crippen LogP contribution in [0.5, 0.6) is 0 Å². The molecule has 4 heteroatoms. The summed E-state index contributed by atoms with van der Waals surface area (Å²) in [4.78, 5) is 12.9. The maximum Gasteiger partial charge on any atom is 0.323 e. The van der Waals surface area contributed by atoms with E-state index in [1.807, 2.05) is 36.2 Å². The molecule has 0 aliphatic rings. The molecule has 1 rings (SSSR count). The summed E-state index contributed by atoms with van der Waals surface area (Å²) in [6.45, 7) is 4.00. The van der Waals surface area contributed by atoms with Crippen LogP contribution in [0.25, 0.3) is 0 Å². The lowest BCUT2D eigenvalue weighted by Crippen LogP contribution is -2.47. The molecule has 0 spiro atoms. The van der Waals surface area contributed by atoms with Crippen LogP contribution in [-0.2, 0) is 11.3 Å². The number of benzene rings is 1. The van der Waals surface area contributed by atoms with Crippen molar-refractivity contribution >= 4 is 21.9 Å². The van der Waals surface area contributed by atoms with Gasteiger partial charge in [-0.2, -0.15) is 0 Å². The third-order valence-electron chi connectivity index (χ3n) is 2.84. The fourth-order valence-electron chi connectivity index (χ4n) is 1.24. The Morgan fingerprint density at radius 1 is 1.44 bits per heavy atom. The predicted octanol–water partition coefficient (Wildman–Crippen LogP) is 2.74. The van der Waals surface area contributed by atoms with Crippen molar-refractivity contribution in [1.29, 1.82) is 0 Å². The second-order valence-electron chi connectivity index (χ2n) is 4.31. The number of hydrogen-bond acceptors (Lipinski definition) is 2. The van der Waals surface area contributed by atoms with Crippen molar-refractivity contribution < 1.29 is 9.90 Å². The van der Waals surface area contributed by atoms with Gasteiger partial charge in [0.15, 0.2) is 0 Å². The van der Waals surface area contributed by atoms with Crippen LogP contribution < -0.4 is 0 Å². The van der Waals surface area contributed by atoms with Crippen LogP contribution in [-0.4, -0.2) is 28.6 Å². The molecule has 0 aliphatic heterocycles. The highest BCUT2D eigenvalue weighted by atomic mass is 79.9. The molecule has 0 amide bonds. The van der Waals surface area contributed by atoms with E-state index in [1.54, 1.807) is 13.8 Å². The van der Waals surface area contributed by atoms with Gasteiger partial charge in [-0.25, -0.2) is 0 Å². The SMILES string of the molecule is CN(Cc1ccccc1Br)C(C)(C)C(=O)O. The summed E-state index contributed by atoms with van der Waals surface area (Å²) in [5.74, 6) is -0.818. The quantitative estimate of drug-likeness (QED) is 0.925. The minimum Gasteiger partial charge on any atom is -0.480 e. The first kappa shape index (κ1) is 13.2. The van der Waals surface area contributed by atoms with Crippen LogP contribution >= 0.6 is 15.9 Å². The minimum atomic E-state index is -0.866. The van der Waals surface area contributed by atoms with Crippen molar-refractivity contribution in [2.24, 2.45) is 0 Å². The molecule has 3 nitrogen and oxygen atoms in total. The number of hydrogen-bond donors (Lipinski definition) is 1. The molecule has 1 N–H and O–H groups in total. The van der Waals surface area contributed by atoms with E-state index in [-0.39, 0.29) is 0 Å². The number of nitrogens with zero attached hydrogens (tertiary/aromatic N) is 1. The number of likely N-dealkylation sites (N-methyl/N-ethyl adjacent to an activating group) is 1. The van der Waals surface area contributed by atoms with Gasteiger partial charge < -0.3 is 5.11 Å². The Labute approximate surface area is 104 Å². The van der Waals surface area contributed by atoms with Crippen LogP contribution in [0.4, 0.5) is 0 Å². The van der Waals surface area contributed by atoms with Gasteiger partial charge in [0.05, 0.1) is 0 Å². The lowest BCUT2D eigenvalue weighted by Gasteiger charge is -2.31. The molecule has 88 valence electrons. The number of carboxylic acid groups (broad SMARTS) is 1. The van der Waals surface area contributed by atoms with E-state index in [2.05, 4.69) is 15.9 Å². The van der Waals surface area contributed by atoms with Gasteiger partial charge in [-0.3, -0.25) is 9.69 Å². The molecule has 0 saturated heterocycles. The summed E-state index contributed by atoms with van der Waals surface area (Å²) in [6.07, 6.45) is 0. The fourth-order valence-corrected chi connectivity index (χ4v) is 1.65. The smallest absolute Gasteiger partial charge is 0.323 e. The van der Waals surface area contributed by atoms with Gasteiger partial charge in [0, 0.05) is 11.0 Å². The van der Waals surface area contributed by atoms with E-state index < -0.39 is 11.5 Å². The number of carbonyl (C=O) groups is 1. The van der Waals surface area contributed by atoms with Crippen molar-refractivity contribution in [3.63, 3.8) is 0 Å². The van der Waals surface area contributed by atoms with Crippen LogP contribution in [0, 0.1) is 0 Å². The number of halogens is 1. The van der Waals surface area contributed by atoms with Gasteiger partial charge in [0.1, 0.15) is 5.54 Å². The molecule has 0 atom stereocenters. The van der Waals surface area contributed by atoms with Gasteiger partial charge in [-0.1, -0.05) is 34.1 Å². The summed E-state index contributed by atoms with van der Waals surface area (Å²) in [6, 6.07) is 7.83. The lowest BCUT2D eigenvalue weighted by atomic mass is 10.0. The highest BCUT2D eigenvalue weighted by molar-refractivity contribution is 9.10. The Kier molecular flexibility index (Phi) is 4.10. The van der Waals surface area contributed by atoms with Crippen LogP contribution in [0.3, 0.4) is 0 Å². The normalized spacial score (nSPS) is 11.8. The monoisotopic (exact) mass is 285 g/mol. The molecular weight excluding hydrogens is 270 g/mol. The third-order valence-corrected chi connectivity index (χ3v) is 3.62. The molecule has 0 bridgehead atoms. The van der Waals surface area contributed by atoms with Crippen LogP contribution in [0.2, 0.25) is 0 Å². The molecule has 16 heavy (non-hydrogen) atoms. The van der Waals surface area contributed by atoms with Crippen LogP contribution in [0.15, 0.2) is 28.7 Å². The van der Waals surface area contributed by atoms with Crippen molar-refractivity contribution in [2.45, 2.75) is 25.9 Å². The highest BCUT2D eigenvalue weighted by Crippen LogP contribution is 2.21.